The molecule has 0 saturated carbocycles. The van der Waals surface area contributed by atoms with Gasteiger partial charge in [0.2, 0.25) is 5.91 Å². The zero-order chi connectivity index (χ0) is 13.3. The Hall–Kier alpha value is -0.660. The van der Waals surface area contributed by atoms with E-state index in [2.05, 4.69) is 0 Å². The van der Waals surface area contributed by atoms with Crippen LogP contribution in [-0.4, -0.2) is 62.6 Å². The number of hydrogen-bond donors (Lipinski definition) is 1. The fraction of sp³-hybridized carbons (Fsp3) is 0.909. The van der Waals surface area contributed by atoms with E-state index in [4.69, 9.17) is 10.5 Å². The summed E-state index contributed by atoms with van der Waals surface area (Å²) in [5, 5.41) is 0. The lowest BCUT2D eigenvalue weighted by atomic mass is 10.1. The molecular formula is C11H20N2O4S. The maximum Gasteiger partial charge on any atom is 0.226 e. The van der Waals surface area contributed by atoms with Crippen LogP contribution in [0.4, 0.5) is 0 Å². The van der Waals surface area contributed by atoms with Crippen LogP contribution >= 0.6 is 0 Å². The summed E-state index contributed by atoms with van der Waals surface area (Å²) >= 11 is 0. The van der Waals surface area contributed by atoms with E-state index in [1.807, 2.05) is 6.92 Å². The summed E-state index contributed by atoms with van der Waals surface area (Å²) in [5.41, 5.74) is 5.77. The second kappa shape index (κ2) is 5.14. The third-order valence-electron chi connectivity index (χ3n) is 3.57. The number of carbonyl (C=O) groups is 1. The van der Waals surface area contributed by atoms with Crippen molar-refractivity contribution in [3.63, 3.8) is 0 Å². The van der Waals surface area contributed by atoms with E-state index in [0.29, 0.717) is 26.1 Å². The van der Waals surface area contributed by atoms with Crippen LogP contribution < -0.4 is 5.73 Å². The van der Waals surface area contributed by atoms with Gasteiger partial charge in [0.15, 0.2) is 9.84 Å². The van der Waals surface area contributed by atoms with Crippen LogP contribution in [0.3, 0.4) is 0 Å². The van der Waals surface area contributed by atoms with E-state index in [1.54, 1.807) is 4.90 Å². The minimum atomic E-state index is -3.01. The van der Waals surface area contributed by atoms with Gasteiger partial charge in [-0.1, -0.05) is 0 Å². The first-order chi connectivity index (χ1) is 8.39. The minimum Gasteiger partial charge on any atom is -0.373 e. The van der Waals surface area contributed by atoms with Crippen molar-refractivity contribution in [1.29, 1.82) is 0 Å². The van der Waals surface area contributed by atoms with E-state index >= 15 is 0 Å². The van der Waals surface area contributed by atoms with Crippen LogP contribution in [0, 0.1) is 5.92 Å². The largest absolute Gasteiger partial charge is 0.373 e. The van der Waals surface area contributed by atoms with Crippen molar-refractivity contribution < 1.29 is 17.9 Å². The summed E-state index contributed by atoms with van der Waals surface area (Å²) in [6.07, 6.45) is 0.294. The van der Waals surface area contributed by atoms with Crippen LogP contribution in [0.25, 0.3) is 0 Å². The Kier molecular flexibility index (Phi) is 3.93. The third kappa shape index (κ3) is 3.02. The molecule has 7 heteroatoms. The third-order valence-corrected chi connectivity index (χ3v) is 5.34. The second-order valence-corrected chi connectivity index (χ2v) is 7.38. The highest BCUT2D eigenvalue weighted by Crippen LogP contribution is 2.22. The second-order valence-electron chi connectivity index (χ2n) is 5.15. The van der Waals surface area contributed by atoms with Gasteiger partial charge in [0, 0.05) is 19.1 Å². The van der Waals surface area contributed by atoms with E-state index in [9.17, 15) is 13.2 Å². The molecule has 2 aliphatic heterocycles. The molecular weight excluding hydrogens is 256 g/mol. The minimum absolute atomic E-state index is 0.00790. The molecule has 2 fully saturated rings. The van der Waals surface area contributed by atoms with Crippen molar-refractivity contribution in [2.24, 2.45) is 11.7 Å². The van der Waals surface area contributed by atoms with Gasteiger partial charge >= 0.3 is 0 Å². The predicted octanol–water partition coefficient (Wildman–Crippen LogP) is -1.00. The number of sulfone groups is 1. The van der Waals surface area contributed by atoms with Crippen molar-refractivity contribution in [3.05, 3.63) is 0 Å². The maximum atomic E-state index is 12.2. The molecule has 0 radical (unpaired) electrons. The molecule has 6 nitrogen and oxygen atoms in total. The predicted molar refractivity (Wildman–Crippen MR) is 66.7 cm³/mol. The zero-order valence-electron chi connectivity index (χ0n) is 10.5. The first-order valence-electron chi connectivity index (χ1n) is 6.25. The molecule has 2 rings (SSSR count). The lowest BCUT2D eigenvalue weighted by molar-refractivity contribution is -0.142. The molecule has 0 aromatic carbocycles. The van der Waals surface area contributed by atoms with E-state index < -0.39 is 9.84 Å². The molecule has 0 aromatic rings. The highest BCUT2D eigenvalue weighted by Gasteiger charge is 2.37. The summed E-state index contributed by atoms with van der Waals surface area (Å²) in [7, 11) is -3.01. The Morgan fingerprint density at radius 1 is 1.50 bits per heavy atom. The molecule has 104 valence electrons. The summed E-state index contributed by atoms with van der Waals surface area (Å²) in [5.74, 6) is -0.317. The Labute approximate surface area is 107 Å². The molecule has 1 amide bonds. The summed E-state index contributed by atoms with van der Waals surface area (Å²) in [6, 6.07) is -0.132. The fourth-order valence-electron chi connectivity index (χ4n) is 2.44. The summed E-state index contributed by atoms with van der Waals surface area (Å²) < 4.78 is 28.3. The average molecular weight is 276 g/mol. The smallest absolute Gasteiger partial charge is 0.226 e. The number of hydrogen-bond acceptors (Lipinski definition) is 5. The van der Waals surface area contributed by atoms with Gasteiger partial charge in [-0.05, 0) is 13.3 Å². The number of rotatable bonds is 2. The van der Waals surface area contributed by atoms with Gasteiger partial charge in [-0.25, -0.2) is 8.42 Å². The maximum absolute atomic E-state index is 12.2. The number of nitrogens with zero attached hydrogens (tertiary/aromatic N) is 1. The van der Waals surface area contributed by atoms with E-state index in [1.165, 1.54) is 0 Å². The first-order valence-corrected chi connectivity index (χ1v) is 8.07. The van der Waals surface area contributed by atoms with E-state index in [0.717, 1.165) is 0 Å². The molecule has 3 unspecified atom stereocenters. The Bertz CT molecular complexity index is 421. The molecule has 0 spiro atoms. The molecule has 18 heavy (non-hydrogen) atoms. The highest BCUT2D eigenvalue weighted by atomic mass is 32.2. The molecule has 0 bridgehead atoms. The number of ether oxygens (including phenoxy) is 1. The van der Waals surface area contributed by atoms with Crippen LogP contribution in [-0.2, 0) is 19.4 Å². The van der Waals surface area contributed by atoms with Crippen LogP contribution in [0.1, 0.15) is 13.3 Å². The highest BCUT2D eigenvalue weighted by molar-refractivity contribution is 7.91. The Balaban J connectivity index is 1.97. The van der Waals surface area contributed by atoms with Gasteiger partial charge in [0.05, 0.1) is 30.1 Å². The quantitative estimate of drug-likeness (QED) is 0.698. The molecule has 2 heterocycles. The average Bonchev–Trinajstić information content (AvgIpc) is 2.69. The molecule has 0 aliphatic carbocycles. The van der Waals surface area contributed by atoms with Crippen molar-refractivity contribution in [3.8, 4) is 0 Å². The zero-order valence-corrected chi connectivity index (χ0v) is 11.4. The fourth-order valence-corrected chi connectivity index (χ4v) is 4.17. The summed E-state index contributed by atoms with van der Waals surface area (Å²) in [6.45, 7) is 3.31. The number of amides is 1. The van der Waals surface area contributed by atoms with Crippen LogP contribution in [0.2, 0.25) is 0 Å². The molecule has 2 N–H and O–H groups in total. The summed E-state index contributed by atoms with van der Waals surface area (Å²) in [4.78, 5) is 13.9. The van der Waals surface area contributed by atoms with Gasteiger partial charge in [0.1, 0.15) is 0 Å². The molecule has 2 saturated heterocycles. The standard InChI is InChI=1S/C11H20N2O4S/c1-8(12)10-6-13(3-4-17-10)11(14)9-2-5-18(15,16)7-9/h8-10H,2-7,12H2,1H3. The van der Waals surface area contributed by atoms with Gasteiger partial charge in [0.25, 0.3) is 0 Å². The number of nitrogens with two attached hydrogens (primary N) is 1. The Morgan fingerprint density at radius 2 is 2.22 bits per heavy atom. The van der Waals surface area contributed by atoms with Crippen molar-refractivity contribution >= 4 is 15.7 Å². The molecule has 0 aromatic heterocycles. The monoisotopic (exact) mass is 276 g/mol. The normalized spacial score (nSPS) is 33.3. The molecule has 2 aliphatic rings. The first kappa shape index (κ1) is 13.8. The Morgan fingerprint density at radius 3 is 2.78 bits per heavy atom. The number of morpholine rings is 1. The van der Waals surface area contributed by atoms with Gasteiger partial charge < -0.3 is 15.4 Å². The van der Waals surface area contributed by atoms with E-state index in [-0.39, 0.29) is 35.5 Å². The molecule has 3 atom stereocenters. The van der Waals surface area contributed by atoms with Gasteiger partial charge in [-0.15, -0.1) is 0 Å². The SMILES string of the molecule is CC(N)C1CN(C(=O)C2CCS(=O)(=O)C2)CCO1. The van der Waals surface area contributed by atoms with Crippen LogP contribution in [0.15, 0.2) is 0 Å². The van der Waals surface area contributed by atoms with Crippen molar-refractivity contribution in [2.75, 3.05) is 31.2 Å². The van der Waals surface area contributed by atoms with Gasteiger partial charge in [-0.2, -0.15) is 0 Å². The van der Waals surface area contributed by atoms with Crippen molar-refractivity contribution in [1.82, 2.24) is 4.90 Å². The lowest BCUT2D eigenvalue weighted by Gasteiger charge is -2.35. The lowest BCUT2D eigenvalue weighted by Crippen LogP contribution is -2.52. The topological polar surface area (TPSA) is 89.7 Å². The van der Waals surface area contributed by atoms with Crippen LogP contribution in [0.5, 0.6) is 0 Å². The van der Waals surface area contributed by atoms with Crippen molar-refractivity contribution in [2.45, 2.75) is 25.5 Å². The van der Waals surface area contributed by atoms with Gasteiger partial charge in [-0.3, -0.25) is 4.79 Å². The number of carbonyl (C=O) groups excluding carboxylic acids is 1.